The maximum Gasteiger partial charge on any atom is 1.00 e. The van der Waals surface area contributed by atoms with Crippen molar-refractivity contribution in [2.45, 2.75) is 0 Å². The van der Waals surface area contributed by atoms with Gasteiger partial charge in [-0.3, -0.25) is 9.80 Å². The van der Waals surface area contributed by atoms with Crippen LogP contribution in [0.2, 0.25) is 0 Å². The van der Waals surface area contributed by atoms with Crippen LogP contribution in [0, 0.1) is 0 Å². The second-order valence-corrected chi connectivity index (χ2v) is 7.58. The Kier molecular flexibility index (Phi) is 14.0. The van der Waals surface area contributed by atoms with Gasteiger partial charge < -0.3 is 32.1 Å². The largest absolute Gasteiger partial charge is 1.00 e. The van der Waals surface area contributed by atoms with Gasteiger partial charge in [0.1, 0.15) is 26.4 Å². The van der Waals surface area contributed by atoms with E-state index in [2.05, 4.69) is 9.80 Å². The monoisotopic (exact) mass is 524 g/mol. The summed E-state index contributed by atoms with van der Waals surface area (Å²) in [5.74, 6) is 3.15. The number of hydrogen-bond acceptors (Lipinski definition) is 7. The first kappa shape index (κ1) is 28.6. The first-order valence-electron chi connectivity index (χ1n) is 11.1. The molecule has 4 rings (SSSR count). The Balaban J connectivity index is 0.00000193. The Bertz CT molecular complexity index is 692. The Morgan fingerprint density at radius 1 is 0.455 bits per heavy atom. The Morgan fingerprint density at radius 3 is 1.03 bits per heavy atom. The Hall–Kier alpha value is -0.610. The molecular weight excluding hydrogens is 493 g/mol. The molecule has 9 heteroatoms. The van der Waals surface area contributed by atoms with Crippen LogP contribution in [0.15, 0.2) is 48.5 Å². The van der Waals surface area contributed by atoms with E-state index in [1.54, 1.807) is 0 Å². The molecule has 0 saturated carbocycles. The van der Waals surface area contributed by atoms with Crippen molar-refractivity contribution in [2.24, 2.45) is 0 Å². The SMILES string of the molecule is [B-].[Rb+].c1ccc2c(c1)OCCN1CCOCCN(CCO2)CCOc2ccccc2OCC1. The summed E-state index contributed by atoms with van der Waals surface area (Å²) in [6.07, 6.45) is 0. The fraction of sp³-hybridized carbons (Fsp3) is 0.500. The van der Waals surface area contributed by atoms with Gasteiger partial charge in [0.05, 0.1) is 13.2 Å². The molecule has 2 bridgehead atoms. The Morgan fingerprint density at radius 2 is 0.727 bits per heavy atom. The molecule has 0 fully saturated rings. The molecule has 2 aromatic carbocycles. The van der Waals surface area contributed by atoms with Gasteiger partial charge in [-0.1, -0.05) is 24.3 Å². The molecule has 0 spiro atoms. The van der Waals surface area contributed by atoms with Gasteiger partial charge in [0.25, 0.3) is 0 Å². The molecule has 2 heterocycles. The molecule has 33 heavy (non-hydrogen) atoms. The predicted octanol–water partition coefficient (Wildman–Crippen LogP) is -0.827. The first-order chi connectivity index (χ1) is 15.4. The van der Waals surface area contributed by atoms with Crippen LogP contribution < -0.4 is 77.1 Å². The normalized spacial score (nSPS) is 22.1. The van der Waals surface area contributed by atoms with E-state index >= 15 is 0 Å². The first-order valence-corrected chi connectivity index (χ1v) is 11.1. The molecule has 0 aliphatic carbocycles. The zero-order chi connectivity index (χ0) is 21.1. The van der Waals surface area contributed by atoms with E-state index in [0.29, 0.717) is 39.6 Å². The van der Waals surface area contributed by atoms with Crippen molar-refractivity contribution < 1.29 is 81.9 Å². The second kappa shape index (κ2) is 16.1. The second-order valence-electron chi connectivity index (χ2n) is 7.58. The molecule has 0 amide bonds. The quantitative estimate of drug-likeness (QED) is 0.330. The van der Waals surface area contributed by atoms with Gasteiger partial charge in [-0.25, -0.2) is 0 Å². The van der Waals surface area contributed by atoms with E-state index in [1.807, 2.05) is 48.5 Å². The van der Waals surface area contributed by atoms with Gasteiger partial charge in [0, 0.05) is 39.3 Å². The topological polar surface area (TPSA) is 52.6 Å². The number of nitrogens with zero attached hydrogens (tertiary/aromatic N) is 2. The van der Waals surface area contributed by atoms with E-state index < -0.39 is 0 Å². The molecule has 2 aliphatic heterocycles. The fourth-order valence-electron chi connectivity index (χ4n) is 3.68. The van der Waals surface area contributed by atoms with E-state index in [-0.39, 0.29) is 66.6 Å². The van der Waals surface area contributed by atoms with Crippen molar-refractivity contribution in [1.29, 1.82) is 0 Å². The van der Waals surface area contributed by atoms with Crippen LogP contribution in [0.25, 0.3) is 0 Å². The molecular formula is C24H32BN2O5Rb. The van der Waals surface area contributed by atoms with E-state index in [0.717, 1.165) is 62.3 Å². The summed E-state index contributed by atoms with van der Waals surface area (Å²) < 4.78 is 30.2. The average molecular weight is 525 g/mol. The van der Waals surface area contributed by atoms with Crippen LogP contribution in [-0.2, 0) is 4.74 Å². The zero-order valence-electron chi connectivity index (χ0n) is 19.6. The van der Waals surface area contributed by atoms with Crippen molar-refractivity contribution >= 4 is 8.41 Å². The van der Waals surface area contributed by atoms with Crippen molar-refractivity contribution in [1.82, 2.24) is 9.80 Å². The summed E-state index contributed by atoms with van der Waals surface area (Å²) in [5, 5.41) is 0. The average Bonchev–Trinajstić information content (AvgIpc) is 2.80. The summed E-state index contributed by atoms with van der Waals surface area (Å²) >= 11 is 0. The summed E-state index contributed by atoms with van der Waals surface area (Å²) in [7, 11) is 0. The minimum atomic E-state index is 0. The van der Waals surface area contributed by atoms with Crippen molar-refractivity contribution in [2.75, 3.05) is 78.9 Å². The van der Waals surface area contributed by atoms with E-state index in [9.17, 15) is 0 Å². The van der Waals surface area contributed by atoms with Gasteiger partial charge in [-0.15, -0.1) is 0 Å². The smallest absolute Gasteiger partial charge is 1.00 e. The minimum absolute atomic E-state index is 0. The molecule has 0 atom stereocenters. The summed E-state index contributed by atoms with van der Waals surface area (Å²) in [6, 6.07) is 15.8. The number of para-hydroxylation sites is 4. The van der Waals surface area contributed by atoms with Gasteiger partial charge in [0.15, 0.2) is 23.0 Å². The molecule has 2 aromatic rings. The number of ether oxygens (including phenoxy) is 5. The third kappa shape index (κ3) is 9.51. The summed E-state index contributed by atoms with van der Waals surface area (Å²) in [6.45, 7) is 8.48. The van der Waals surface area contributed by atoms with E-state index in [1.165, 1.54) is 0 Å². The number of benzene rings is 2. The van der Waals surface area contributed by atoms with Gasteiger partial charge in [-0.2, -0.15) is 0 Å². The molecule has 0 saturated heterocycles. The molecule has 7 nitrogen and oxygen atoms in total. The van der Waals surface area contributed by atoms with Crippen LogP contribution in [0.1, 0.15) is 0 Å². The van der Waals surface area contributed by atoms with Crippen LogP contribution in [0.5, 0.6) is 23.0 Å². The Labute approximate surface area is 248 Å². The molecule has 4 radical (unpaired) electrons. The molecule has 0 aromatic heterocycles. The molecule has 0 unspecified atom stereocenters. The summed E-state index contributed by atoms with van der Waals surface area (Å²) in [4.78, 5) is 4.62. The fourth-order valence-corrected chi connectivity index (χ4v) is 3.68. The molecule has 2 aliphatic rings. The van der Waals surface area contributed by atoms with Gasteiger partial charge >= 0.3 is 58.2 Å². The molecule has 172 valence electrons. The number of hydrogen-bond donors (Lipinski definition) is 0. The maximum atomic E-state index is 6.06. The number of fused-ring (bicyclic) bond motifs is 8. The van der Waals surface area contributed by atoms with Gasteiger partial charge in [-0.05, 0) is 24.3 Å². The molecule has 0 N–H and O–H groups in total. The van der Waals surface area contributed by atoms with Gasteiger partial charge in [0.2, 0.25) is 0 Å². The van der Waals surface area contributed by atoms with Crippen LogP contribution in [0.4, 0.5) is 0 Å². The zero-order valence-corrected chi connectivity index (χ0v) is 24.5. The third-order valence-electron chi connectivity index (χ3n) is 5.46. The minimum Gasteiger partial charge on any atom is -1.00 e. The van der Waals surface area contributed by atoms with Crippen LogP contribution in [0.3, 0.4) is 0 Å². The van der Waals surface area contributed by atoms with E-state index in [4.69, 9.17) is 23.7 Å². The van der Waals surface area contributed by atoms with Crippen molar-refractivity contribution in [3.8, 4) is 23.0 Å². The van der Waals surface area contributed by atoms with Crippen molar-refractivity contribution in [3.63, 3.8) is 0 Å². The van der Waals surface area contributed by atoms with Crippen LogP contribution >= 0.6 is 0 Å². The van der Waals surface area contributed by atoms with Crippen LogP contribution in [-0.4, -0.2) is 97.1 Å². The number of rotatable bonds is 0. The predicted molar refractivity (Wildman–Crippen MR) is 124 cm³/mol. The third-order valence-corrected chi connectivity index (χ3v) is 5.46. The van der Waals surface area contributed by atoms with Crippen molar-refractivity contribution in [3.05, 3.63) is 48.5 Å². The standard InChI is InChI=1S/C24H32N2O5.B.Rb/c1-2-6-22-21(5-1)28-17-11-25-9-15-27-16-10-26(12-18-29-22)14-20-31-24-8-4-3-7-23(24)30-19-13-25;;/h1-8H,9-20H2;;/q;-1;+1. The summed E-state index contributed by atoms with van der Waals surface area (Å²) in [5.41, 5.74) is 0. The maximum absolute atomic E-state index is 6.06.